The smallest absolute Gasteiger partial charge is 0.308 e. The molecular formula is C17H26ClNO3. The number of rotatable bonds is 7. The van der Waals surface area contributed by atoms with E-state index in [4.69, 9.17) is 9.57 Å². The molecule has 0 saturated heterocycles. The molecule has 0 spiro atoms. The summed E-state index contributed by atoms with van der Waals surface area (Å²) in [6, 6.07) is 10.4. The van der Waals surface area contributed by atoms with Crippen LogP contribution in [0.1, 0.15) is 38.2 Å². The van der Waals surface area contributed by atoms with Crippen LogP contribution >= 0.6 is 12.4 Å². The summed E-state index contributed by atoms with van der Waals surface area (Å²) in [5, 5.41) is 0. The maximum Gasteiger partial charge on any atom is 0.308 e. The van der Waals surface area contributed by atoms with Gasteiger partial charge in [0, 0.05) is 6.04 Å². The van der Waals surface area contributed by atoms with E-state index in [1.807, 2.05) is 37.3 Å². The Morgan fingerprint density at radius 3 is 2.73 bits per heavy atom. The van der Waals surface area contributed by atoms with Gasteiger partial charge in [-0.05, 0) is 30.7 Å². The summed E-state index contributed by atoms with van der Waals surface area (Å²) < 4.78 is 4.81. The molecule has 0 bridgehead atoms. The van der Waals surface area contributed by atoms with Crippen molar-refractivity contribution in [2.24, 2.45) is 11.8 Å². The van der Waals surface area contributed by atoms with E-state index in [0.29, 0.717) is 18.6 Å². The molecule has 3 unspecified atom stereocenters. The zero-order valence-electron chi connectivity index (χ0n) is 13.3. The minimum Gasteiger partial charge on any atom is -0.469 e. The highest BCUT2D eigenvalue weighted by Crippen LogP contribution is 2.31. The molecule has 3 atom stereocenters. The summed E-state index contributed by atoms with van der Waals surface area (Å²) in [5.74, 6) is 0.317. The van der Waals surface area contributed by atoms with Crippen molar-refractivity contribution in [3.05, 3.63) is 35.9 Å². The predicted octanol–water partition coefficient (Wildman–Crippen LogP) is 3.50. The normalized spacial score (nSPS) is 21.9. The molecule has 124 valence electrons. The Bertz CT molecular complexity index is 441. The number of nitrogens with one attached hydrogen (secondary N) is 1. The monoisotopic (exact) mass is 327 g/mol. The molecule has 0 heterocycles. The Morgan fingerprint density at radius 2 is 2.05 bits per heavy atom. The molecule has 1 aliphatic rings. The second-order valence-electron chi connectivity index (χ2n) is 5.85. The van der Waals surface area contributed by atoms with E-state index in [0.717, 1.165) is 24.8 Å². The van der Waals surface area contributed by atoms with Gasteiger partial charge in [-0.15, -0.1) is 12.4 Å². The highest BCUT2D eigenvalue weighted by Gasteiger charge is 2.30. The molecule has 1 N–H and O–H groups in total. The van der Waals surface area contributed by atoms with Crippen molar-refractivity contribution in [3.63, 3.8) is 0 Å². The number of methoxy groups -OCH3 is 1. The first kappa shape index (κ1) is 18.9. The number of halogens is 1. The number of benzene rings is 1. The number of ether oxygens (including phenoxy) is 1. The van der Waals surface area contributed by atoms with E-state index in [1.54, 1.807) is 0 Å². The third-order valence-corrected chi connectivity index (χ3v) is 4.24. The predicted molar refractivity (Wildman–Crippen MR) is 88.5 cm³/mol. The van der Waals surface area contributed by atoms with Crippen molar-refractivity contribution in [1.82, 2.24) is 5.48 Å². The van der Waals surface area contributed by atoms with Crippen LogP contribution in [0.4, 0.5) is 0 Å². The topological polar surface area (TPSA) is 47.6 Å². The quantitative estimate of drug-likeness (QED) is 0.615. The van der Waals surface area contributed by atoms with Gasteiger partial charge in [0.25, 0.3) is 0 Å². The van der Waals surface area contributed by atoms with E-state index >= 15 is 0 Å². The van der Waals surface area contributed by atoms with Gasteiger partial charge in [-0.3, -0.25) is 9.63 Å². The fourth-order valence-electron chi connectivity index (χ4n) is 3.03. The SMILES string of the molecule is COC(=O)C(C)CC1CCCC1NOCc1ccccc1.Cl. The molecule has 22 heavy (non-hydrogen) atoms. The number of carbonyl (C=O) groups is 1. The first-order valence-electron chi connectivity index (χ1n) is 7.69. The third-order valence-electron chi connectivity index (χ3n) is 4.24. The molecule has 5 heteroatoms. The van der Waals surface area contributed by atoms with Gasteiger partial charge in [-0.1, -0.05) is 43.7 Å². The number of hydroxylamine groups is 1. The summed E-state index contributed by atoms with van der Waals surface area (Å²) in [5.41, 5.74) is 4.35. The van der Waals surface area contributed by atoms with E-state index in [2.05, 4.69) is 5.48 Å². The van der Waals surface area contributed by atoms with Gasteiger partial charge >= 0.3 is 5.97 Å². The van der Waals surface area contributed by atoms with Crippen molar-refractivity contribution >= 4 is 18.4 Å². The maximum absolute atomic E-state index is 11.5. The third kappa shape index (κ3) is 5.59. The van der Waals surface area contributed by atoms with Gasteiger partial charge in [0.1, 0.15) is 0 Å². The van der Waals surface area contributed by atoms with E-state index in [1.165, 1.54) is 13.5 Å². The first-order chi connectivity index (χ1) is 10.2. The summed E-state index contributed by atoms with van der Waals surface area (Å²) in [6.45, 7) is 2.50. The molecule has 4 nitrogen and oxygen atoms in total. The molecular weight excluding hydrogens is 302 g/mol. The van der Waals surface area contributed by atoms with Gasteiger partial charge in [-0.2, -0.15) is 5.48 Å². The van der Waals surface area contributed by atoms with Crippen molar-refractivity contribution in [1.29, 1.82) is 0 Å². The maximum atomic E-state index is 11.5. The van der Waals surface area contributed by atoms with E-state index in [9.17, 15) is 4.79 Å². The van der Waals surface area contributed by atoms with Crippen LogP contribution < -0.4 is 5.48 Å². The molecule has 1 fully saturated rings. The summed E-state index contributed by atoms with van der Waals surface area (Å²) in [4.78, 5) is 17.2. The molecule has 0 aromatic heterocycles. The van der Waals surface area contributed by atoms with Crippen molar-refractivity contribution in [3.8, 4) is 0 Å². The van der Waals surface area contributed by atoms with Crippen LogP contribution in [-0.4, -0.2) is 19.1 Å². The van der Waals surface area contributed by atoms with Crippen LogP contribution in [0, 0.1) is 11.8 Å². The Kier molecular flexibility index (Phi) is 8.46. The van der Waals surface area contributed by atoms with Gasteiger partial charge in [0.15, 0.2) is 0 Å². The van der Waals surface area contributed by atoms with Gasteiger partial charge < -0.3 is 4.74 Å². The van der Waals surface area contributed by atoms with Crippen LogP contribution in [0.5, 0.6) is 0 Å². The highest BCUT2D eigenvalue weighted by molar-refractivity contribution is 5.85. The fourth-order valence-corrected chi connectivity index (χ4v) is 3.03. The molecule has 0 radical (unpaired) electrons. The van der Waals surface area contributed by atoms with Crippen LogP contribution in [0.3, 0.4) is 0 Å². The molecule has 1 aromatic carbocycles. The minimum atomic E-state index is -0.120. The van der Waals surface area contributed by atoms with Crippen LogP contribution in [-0.2, 0) is 21.0 Å². The second-order valence-corrected chi connectivity index (χ2v) is 5.85. The second kappa shape index (κ2) is 9.82. The summed E-state index contributed by atoms with van der Waals surface area (Å²) in [7, 11) is 1.45. The van der Waals surface area contributed by atoms with E-state index in [-0.39, 0.29) is 24.3 Å². The standard InChI is InChI=1S/C17H25NO3.ClH/c1-13(17(19)20-2)11-15-9-6-10-16(15)18-21-12-14-7-4-3-5-8-14;/h3-5,7-8,13,15-16,18H,6,9-12H2,1-2H3;1H. The summed E-state index contributed by atoms with van der Waals surface area (Å²) in [6.07, 6.45) is 4.30. The number of carbonyl (C=O) groups excluding carboxylic acids is 1. The molecule has 0 amide bonds. The van der Waals surface area contributed by atoms with Crippen molar-refractivity contribution in [2.75, 3.05) is 7.11 Å². The van der Waals surface area contributed by atoms with Crippen LogP contribution in [0.25, 0.3) is 0 Å². The molecule has 1 saturated carbocycles. The van der Waals surface area contributed by atoms with Crippen LogP contribution in [0.15, 0.2) is 30.3 Å². The summed E-state index contributed by atoms with van der Waals surface area (Å²) >= 11 is 0. The molecule has 1 aliphatic carbocycles. The average Bonchev–Trinajstić information content (AvgIpc) is 2.94. The van der Waals surface area contributed by atoms with Gasteiger partial charge in [-0.25, -0.2) is 0 Å². The van der Waals surface area contributed by atoms with E-state index < -0.39 is 0 Å². The number of hydrogen-bond donors (Lipinski definition) is 1. The number of esters is 1. The molecule has 1 aromatic rings. The zero-order chi connectivity index (χ0) is 15.1. The Morgan fingerprint density at radius 1 is 1.32 bits per heavy atom. The number of hydrogen-bond acceptors (Lipinski definition) is 4. The van der Waals surface area contributed by atoms with Gasteiger partial charge in [0.05, 0.1) is 19.6 Å². The lowest BCUT2D eigenvalue weighted by Crippen LogP contribution is -2.34. The minimum absolute atomic E-state index is 0. The first-order valence-corrected chi connectivity index (χ1v) is 7.69. The lowest BCUT2D eigenvalue weighted by molar-refractivity contribution is -0.145. The Balaban J connectivity index is 0.00000242. The lowest BCUT2D eigenvalue weighted by atomic mass is 9.92. The molecule has 2 rings (SSSR count). The average molecular weight is 328 g/mol. The van der Waals surface area contributed by atoms with Gasteiger partial charge in [0.2, 0.25) is 0 Å². The largest absolute Gasteiger partial charge is 0.469 e. The van der Waals surface area contributed by atoms with Crippen molar-refractivity contribution < 1.29 is 14.4 Å². The van der Waals surface area contributed by atoms with Crippen molar-refractivity contribution in [2.45, 2.75) is 45.3 Å². The highest BCUT2D eigenvalue weighted by atomic mass is 35.5. The lowest BCUT2D eigenvalue weighted by Gasteiger charge is -2.22. The zero-order valence-corrected chi connectivity index (χ0v) is 14.1. The molecule has 0 aliphatic heterocycles. The van der Waals surface area contributed by atoms with Crippen LogP contribution in [0.2, 0.25) is 0 Å². The Hall–Kier alpha value is -1.10. The fraction of sp³-hybridized carbons (Fsp3) is 0.588. The Labute approximate surface area is 138 Å².